The van der Waals surface area contributed by atoms with E-state index in [4.69, 9.17) is 16.3 Å². The van der Waals surface area contributed by atoms with E-state index in [1.54, 1.807) is 25.3 Å². The molecule has 0 bridgehead atoms. The predicted molar refractivity (Wildman–Crippen MR) is 97.3 cm³/mol. The second-order valence-corrected chi connectivity index (χ2v) is 6.35. The van der Waals surface area contributed by atoms with Crippen molar-refractivity contribution >= 4 is 23.2 Å². The van der Waals surface area contributed by atoms with E-state index in [9.17, 15) is 4.79 Å². The Morgan fingerprint density at radius 1 is 1.08 bits per heavy atom. The van der Waals surface area contributed by atoms with Crippen LogP contribution in [0.5, 0.6) is 5.75 Å². The molecule has 1 fully saturated rings. The van der Waals surface area contributed by atoms with Crippen LogP contribution in [0.25, 0.3) is 0 Å². The monoisotopic (exact) mass is 344 g/mol. The molecule has 0 spiro atoms. The van der Waals surface area contributed by atoms with Crippen LogP contribution < -0.4 is 9.64 Å². The van der Waals surface area contributed by atoms with Crippen molar-refractivity contribution in [2.45, 2.75) is 6.92 Å². The summed E-state index contributed by atoms with van der Waals surface area (Å²) in [6.07, 6.45) is 0. The molecular formula is C19H21ClN2O2. The van der Waals surface area contributed by atoms with E-state index in [2.05, 4.69) is 30.0 Å². The van der Waals surface area contributed by atoms with Gasteiger partial charge in [-0.2, -0.15) is 0 Å². The van der Waals surface area contributed by atoms with Gasteiger partial charge in [0, 0.05) is 36.9 Å². The first-order valence-corrected chi connectivity index (χ1v) is 8.41. The molecule has 0 aromatic heterocycles. The van der Waals surface area contributed by atoms with Crippen molar-refractivity contribution in [2.24, 2.45) is 0 Å². The number of ether oxygens (including phenoxy) is 1. The molecule has 2 aromatic rings. The standard InChI is InChI=1S/C19H21ClN2O2/c1-14-5-3-4-6-17(14)21-9-11-22(12-10-21)19(23)16-8-7-15(20)13-18(16)24-2/h3-8,13H,9-12H2,1-2H3. The van der Waals surface area contributed by atoms with Gasteiger partial charge in [-0.3, -0.25) is 4.79 Å². The minimum Gasteiger partial charge on any atom is -0.496 e. The SMILES string of the molecule is COc1cc(Cl)ccc1C(=O)N1CCN(c2ccccc2C)CC1. The van der Waals surface area contributed by atoms with Gasteiger partial charge in [0.25, 0.3) is 5.91 Å². The molecule has 1 aliphatic rings. The van der Waals surface area contributed by atoms with Crippen molar-refractivity contribution in [3.8, 4) is 5.75 Å². The summed E-state index contributed by atoms with van der Waals surface area (Å²) in [6.45, 7) is 5.16. The van der Waals surface area contributed by atoms with E-state index in [1.807, 2.05) is 11.0 Å². The van der Waals surface area contributed by atoms with Crippen molar-refractivity contribution in [1.82, 2.24) is 4.90 Å². The summed E-state index contributed by atoms with van der Waals surface area (Å²) in [5.41, 5.74) is 3.07. The van der Waals surface area contributed by atoms with Crippen LogP contribution in [0.15, 0.2) is 42.5 Å². The Kier molecular flexibility index (Phi) is 4.95. The summed E-state index contributed by atoms with van der Waals surface area (Å²) in [6, 6.07) is 13.5. The highest BCUT2D eigenvalue weighted by molar-refractivity contribution is 6.30. The number of benzene rings is 2. The lowest BCUT2D eigenvalue weighted by atomic mass is 10.1. The number of carbonyl (C=O) groups is 1. The number of methoxy groups -OCH3 is 1. The van der Waals surface area contributed by atoms with Gasteiger partial charge in [-0.15, -0.1) is 0 Å². The maximum Gasteiger partial charge on any atom is 0.257 e. The topological polar surface area (TPSA) is 32.8 Å². The average Bonchev–Trinajstić information content (AvgIpc) is 2.61. The van der Waals surface area contributed by atoms with Gasteiger partial charge in [-0.05, 0) is 36.8 Å². The predicted octanol–water partition coefficient (Wildman–Crippen LogP) is 3.62. The summed E-state index contributed by atoms with van der Waals surface area (Å²) >= 11 is 5.98. The fourth-order valence-electron chi connectivity index (χ4n) is 3.08. The van der Waals surface area contributed by atoms with E-state index >= 15 is 0 Å². The molecule has 0 saturated carbocycles. The number of piperazine rings is 1. The smallest absolute Gasteiger partial charge is 0.257 e. The summed E-state index contributed by atoms with van der Waals surface area (Å²) in [4.78, 5) is 17.0. The molecule has 0 aliphatic carbocycles. The Labute approximate surface area is 147 Å². The van der Waals surface area contributed by atoms with E-state index in [-0.39, 0.29) is 5.91 Å². The molecule has 2 aromatic carbocycles. The lowest BCUT2D eigenvalue weighted by Crippen LogP contribution is -2.49. The molecule has 0 radical (unpaired) electrons. The number of nitrogens with zero attached hydrogens (tertiary/aromatic N) is 2. The van der Waals surface area contributed by atoms with Crippen LogP contribution in [0.3, 0.4) is 0 Å². The molecule has 3 rings (SSSR count). The van der Waals surface area contributed by atoms with Crippen LogP contribution in [-0.2, 0) is 0 Å². The van der Waals surface area contributed by atoms with Gasteiger partial charge < -0.3 is 14.5 Å². The fraction of sp³-hybridized carbons (Fsp3) is 0.316. The minimum atomic E-state index is -0.00653. The maximum atomic E-state index is 12.8. The zero-order valence-electron chi connectivity index (χ0n) is 14.0. The quantitative estimate of drug-likeness (QED) is 0.852. The summed E-state index contributed by atoms with van der Waals surface area (Å²) < 4.78 is 5.30. The summed E-state index contributed by atoms with van der Waals surface area (Å²) in [5, 5.41) is 0.563. The highest BCUT2D eigenvalue weighted by Gasteiger charge is 2.24. The number of rotatable bonds is 3. The molecule has 0 N–H and O–H groups in total. The van der Waals surface area contributed by atoms with Gasteiger partial charge in [-0.25, -0.2) is 0 Å². The highest BCUT2D eigenvalue weighted by Crippen LogP contribution is 2.26. The number of anilines is 1. The highest BCUT2D eigenvalue weighted by atomic mass is 35.5. The van der Waals surface area contributed by atoms with E-state index in [0.29, 0.717) is 29.4 Å². The number of carbonyl (C=O) groups excluding carboxylic acids is 1. The third kappa shape index (κ3) is 3.34. The number of hydrogen-bond acceptors (Lipinski definition) is 3. The molecule has 1 amide bonds. The molecule has 1 saturated heterocycles. The Morgan fingerprint density at radius 2 is 1.79 bits per heavy atom. The number of para-hydroxylation sites is 1. The van der Waals surface area contributed by atoms with Crippen LogP contribution in [0.1, 0.15) is 15.9 Å². The van der Waals surface area contributed by atoms with Crippen molar-refractivity contribution < 1.29 is 9.53 Å². The molecule has 5 heteroatoms. The Balaban J connectivity index is 1.71. The maximum absolute atomic E-state index is 12.8. The van der Waals surface area contributed by atoms with Crippen LogP contribution in [0.2, 0.25) is 5.02 Å². The van der Waals surface area contributed by atoms with E-state index in [0.717, 1.165) is 13.1 Å². The second kappa shape index (κ2) is 7.14. The lowest BCUT2D eigenvalue weighted by molar-refractivity contribution is 0.0743. The molecule has 1 heterocycles. The molecule has 0 unspecified atom stereocenters. The van der Waals surface area contributed by atoms with Crippen LogP contribution >= 0.6 is 11.6 Å². The van der Waals surface area contributed by atoms with Gasteiger partial charge >= 0.3 is 0 Å². The van der Waals surface area contributed by atoms with Crippen molar-refractivity contribution in [3.05, 3.63) is 58.6 Å². The third-order valence-electron chi connectivity index (χ3n) is 4.42. The Morgan fingerprint density at radius 3 is 2.46 bits per heavy atom. The molecule has 1 aliphatic heterocycles. The van der Waals surface area contributed by atoms with Crippen molar-refractivity contribution in [1.29, 1.82) is 0 Å². The third-order valence-corrected chi connectivity index (χ3v) is 4.65. The first-order chi connectivity index (χ1) is 11.6. The minimum absolute atomic E-state index is 0.00653. The summed E-state index contributed by atoms with van der Waals surface area (Å²) in [7, 11) is 1.55. The zero-order chi connectivity index (χ0) is 17.1. The van der Waals surface area contributed by atoms with Gasteiger partial charge in [0.1, 0.15) is 5.75 Å². The van der Waals surface area contributed by atoms with E-state index in [1.165, 1.54) is 11.3 Å². The first kappa shape index (κ1) is 16.7. The molecule has 4 nitrogen and oxygen atoms in total. The molecule has 126 valence electrons. The molecule has 24 heavy (non-hydrogen) atoms. The van der Waals surface area contributed by atoms with E-state index < -0.39 is 0 Å². The second-order valence-electron chi connectivity index (χ2n) is 5.91. The van der Waals surface area contributed by atoms with Crippen LogP contribution in [-0.4, -0.2) is 44.1 Å². The Bertz CT molecular complexity index is 740. The van der Waals surface area contributed by atoms with Crippen LogP contribution in [0.4, 0.5) is 5.69 Å². The lowest BCUT2D eigenvalue weighted by Gasteiger charge is -2.37. The number of halogens is 1. The Hall–Kier alpha value is -2.20. The van der Waals surface area contributed by atoms with Gasteiger partial charge in [0.15, 0.2) is 0 Å². The van der Waals surface area contributed by atoms with Gasteiger partial charge in [0.2, 0.25) is 0 Å². The number of aryl methyl sites for hydroxylation is 1. The van der Waals surface area contributed by atoms with Crippen molar-refractivity contribution in [2.75, 3.05) is 38.2 Å². The fourth-order valence-corrected chi connectivity index (χ4v) is 3.24. The summed E-state index contributed by atoms with van der Waals surface area (Å²) in [5.74, 6) is 0.516. The first-order valence-electron chi connectivity index (χ1n) is 8.03. The molecular weight excluding hydrogens is 324 g/mol. The van der Waals surface area contributed by atoms with Gasteiger partial charge in [0.05, 0.1) is 12.7 Å². The van der Waals surface area contributed by atoms with Crippen LogP contribution in [0, 0.1) is 6.92 Å². The normalized spacial score (nSPS) is 14.6. The number of amides is 1. The molecule has 0 atom stereocenters. The zero-order valence-corrected chi connectivity index (χ0v) is 14.7. The average molecular weight is 345 g/mol. The number of hydrogen-bond donors (Lipinski definition) is 0. The largest absolute Gasteiger partial charge is 0.496 e. The van der Waals surface area contributed by atoms with Crippen molar-refractivity contribution in [3.63, 3.8) is 0 Å². The van der Waals surface area contributed by atoms with Gasteiger partial charge in [-0.1, -0.05) is 29.8 Å².